The lowest BCUT2D eigenvalue weighted by Gasteiger charge is -2.15. The molecule has 0 saturated carbocycles. The molecule has 1 heterocycles. The predicted molar refractivity (Wildman–Crippen MR) is 147 cm³/mol. The number of azo groups is 1. The van der Waals surface area contributed by atoms with Gasteiger partial charge in [-0.2, -0.15) is 31.8 Å². The van der Waals surface area contributed by atoms with Crippen LogP contribution in [0.25, 0.3) is 10.8 Å². The van der Waals surface area contributed by atoms with Gasteiger partial charge < -0.3 is 21.1 Å². The third-order valence-corrected chi connectivity index (χ3v) is 7.42. The van der Waals surface area contributed by atoms with E-state index in [0.29, 0.717) is 6.54 Å². The summed E-state index contributed by atoms with van der Waals surface area (Å²) in [6, 6.07) is 8.33. The molecule has 4 aromatic rings. The zero-order valence-electron chi connectivity index (χ0n) is 20.7. The van der Waals surface area contributed by atoms with Gasteiger partial charge in [-0.15, -0.1) is 10.2 Å². The molecule has 15 nitrogen and oxygen atoms in total. The summed E-state index contributed by atoms with van der Waals surface area (Å²) < 4.78 is 66.6. The lowest BCUT2D eigenvalue weighted by molar-refractivity contribution is 0.471. The van der Waals surface area contributed by atoms with E-state index in [1.807, 2.05) is 6.92 Å². The van der Waals surface area contributed by atoms with Crippen molar-refractivity contribution in [2.45, 2.75) is 16.7 Å². The Bertz CT molecular complexity index is 1890. The topological polar surface area (TPSA) is 234 Å². The van der Waals surface area contributed by atoms with Gasteiger partial charge in [0.05, 0.1) is 16.0 Å². The van der Waals surface area contributed by atoms with E-state index in [2.05, 4.69) is 30.5 Å². The molecule has 0 saturated heterocycles. The third-order valence-electron chi connectivity index (χ3n) is 5.54. The van der Waals surface area contributed by atoms with E-state index in [1.165, 1.54) is 24.3 Å². The SMILES string of the molecule is CCN(C)c1nc(Cl)nc(Nc2ccc(N=Nc3c(N)ccc4cc(S(=O)(=O)O)cc(O)c34)c(S(=O)(=O)O)c2)n1. The van der Waals surface area contributed by atoms with Crippen molar-refractivity contribution in [3.8, 4) is 5.75 Å². The summed E-state index contributed by atoms with van der Waals surface area (Å²) in [6.07, 6.45) is 0. The predicted octanol–water partition coefficient (Wildman–Crippen LogP) is 4.07. The summed E-state index contributed by atoms with van der Waals surface area (Å²) in [4.78, 5) is 12.7. The summed E-state index contributed by atoms with van der Waals surface area (Å²) in [5.41, 5.74) is 5.74. The van der Waals surface area contributed by atoms with Crippen molar-refractivity contribution in [2.24, 2.45) is 10.2 Å². The minimum atomic E-state index is -4.83. The molecule has 0 atom stereocenters. The third kappa shape index (κ3) is 6.18. The first kappa shape index (κ1) is 28.8. The number of phenolic OH excluding ortho intramolecular Hbond substituents is 1. The second-order valence-corrected chi connectivity index (χ2v) is 11.4. The van der Waals surface area contributed by atoms with Gasteiger partial charge in [-0.05, 0) is 54.2 Å². The van der Waals surface area contributed by atoms with Crippen molar-refractivity contribution in [2.75, 3.05) is 29.5 Å². The molecule has 0 fully saturated rings. The average molecular weight is 609 g/mol. The van der Waals surface area contributed by atoms with Crippen molar-refractivity contribution in [3.63, 3.8) is 0 Å². The number of nitrogens with zero attached hydrogens (tertiary/aromatic N) is 6. The number of aromatic nitrogens is 3. The number of aromatic hydroxyl groups is 1. The lowest BCUT2D eigenvalue weighted by atomic mass is 10.1. The van der Waals surface area contributed by atoms with Crippen LogP contribution >= 0.6 is 11.6 Å². The number of phenols is 1. The van der Waals surface area contributed by atoms with Crippen molar-refractivity contribution in [1.29, 1.82) is 0 Å². The molecule has 1 aromatic heterocycles. The van der Waals surface area contributed by atoms with Crippen LogP contribution in [0, 0.1) is 0 Å². The van der Waals surface area contributed by atoms with Crippen molar-refractivity contribution < 1.29 is 31.0 Å². The van der Waals surface area contributed by atoms with Gasteiger partial charge in [0.15, 0.2) is 0 Å². The smallest absolute Gasteiger partial charge is 0.296 e. The Morgan fingerprint density at radius 1 is 1.00 bits per heavy atom. The van der Waals surface area contributed by atoms with Crippen LogP contribution in [-0.4, -0.2) is 59.6 Å². The molecule has 0 spiro atoms. The maximum atomic E-state index is 12.2. The molecule has 40 heavy (non-hydrogen) atoms. The Labute approximate surface area is 232 Å². The van der Waals surface area contributed by atoms with Gasteiger partial charge in [0.1, 0.15) is 22.0 Å². The number of rotatable bonds is 8. The number of benzene rings is 3. The molecule has 0 bridgehead atoms. The highest BCUT2D eigenvalue weighted by molar-refractivity contribution is 7.86. The first-order valence-corrected chi connectivity index (χ1v) is 14.4. The van der Waals surface area contributed by atoms with E-state index in [4.69, 9.17) is 17.3 Å². The summed E-state index contributed by atoms with van der Waals surface area (Å²) >= 11 is 5.98. The van der Waals surface area contributed by atoms with Gasteiger partial charge >= 0.3 is 0 Å². The summed E-state index contributed by atoms with van der Waals surface area (Å²) in [6.45, 7) is 2.45. The molecule has 0 aliphatic carbocycles. The maximum Gasteiger partial charge on any atom is 0.296 e. The zero-order valence-corrected chi connectivity index (χ0v) is 23.1. The van der Waals surface area contributed by atoms with Gasteiger partial charge in [-0.3, -0.25) is 9.11 Å². The molecule has 0 aliphatic rings. The van der Waals surface area contributed by atoms with Crippen LogP contribution in [0.3, 0.4) is 0 Å². The quantitative estimate of drug-likeness (QED) is 0.108. The first-order chi connectivity index (χ1) is 18.7. The fourth-order valence-electron chi connectivity index (χ4n) is 3.49. The van der Waals surface area contributed by atoms with Gasteiger partial charge in [-0.25, -0.2) is 0 Å². The number of nitrogen functional groups attached to an aromatic ring is 1. The second kappa shape index (κ2) is 10.8. The van der Waals surface area contributed by atoms with Crippen molar-refractivity contribution in [3.05, 3.63) is 47.7 Å². The number of hydrogen-bond acceptors (Lipinski definition) is 13. The highest BCUT2D eigenvalue weighted by Crippen LogP contribution is 2.41. The van der Waals surface area contributed by atoms with Crippen LogP contribution in [-0.2, 0) is 20.2 Å². The lowest BCUT2D eigenvalue weighted by Crippen LogP contribution is -2.19. The Balaban J connectivity index is 1.77. The van der Waals surface area contributed by atoms with Crippen LogP contribution < -0.4 is 16.0 Å². The second-order valence-electron chi connectivity index (χ2n) is 8.24. The Morgan fingerprint density at radius 2 is 1.73 bits per heavy atom. The van der Waals surface area contributed by atoms with E-state index >= 15 is 0 Å². The molecule has 0 aliphatic heterocycles. The summed E-state index contributed by atoms with van der Waals surface area (Å²) in [5.74, 6) is -0.302. The molecule has 6 N–H and O–H groups in total. The molecule has 18 heteroatoms. The largest absolute Gasteiger partial charge is 0.507 e. The van der Waals surface area contributed by atoms with Gasteiger partial charge in [0.2, 0.25) is 17.2 Å². The summed E-state index contributed by atoms with van der Waals surface area (Å²) in [5, 5.41) is 21.2. The molecule has 0 unspecified atom stereocenters. The zero-order chi connectivity index (χ0) is 29.4. The number of nitrogens with two attached hydrogens (primary N) is 1. The average Bonchev–Trinajstić information content (AvgIpc) is 2.86. The van der Waals surface area contributed by atoms with E-state index in [9.17, 15) is 31.0 Å². The molecule has 4 rings (SSSR count). The van der Waals surface area contributed by atoms with Crippen LogP contribution in [0.1, 0.15) is 6.92 Å². The van der Waals surface area contributed by atoms with Crippen LogP contribution in [0.2, 0.25) is 5.28 Å². The van der Waals surface area contributed by atoms with Crippen LogP contribution in [0.4, 0.5) is 34.6 Å². The molecule has 0 amide bonds. The van der Waals surface area contributed by atoms with Crippen molar-refractivity contribution in [1.82, 2.24) is 15.0 Å². The molecular weight excluding hydrogens is 588 g/mol. The number of nitrogens with one attached hydrogen (secondary N) is 1. The first-order valence-electron chi connectivity index (χ1n) is 11.1. The van der Waals surface area contributed by atoms with E-state index in [1.54, 1.807) is 11.9 Å². The normalized spacial score (nSPS) is 12.2. The fraction of sp³-hybridized carbons (Fsp3) is 0.136. The van der Waals surface area contributed by atoms with E-state index in [0.717, 1.165) is 18.2 Å². The van der Waals surface area contributed by atoms with Crippen LogP contribution in [0.5, 0.6) is 5.75 Å². The monoisotopic (exact) mass is 608 g/mol. The van der Waals surface area contributed by atoms with Gasteiger partial charge in [-0.1, -0.05) is 6.07 Å². The Morgan fingerprint density at radius 3 is 2.38 bits per heavy atom. The van der Waals surface area contributed by atoms with Gasteiger partial charge in [0.25, 0.3) is 20.2 Å². The molecule has 0 radical (unpaired) electrons. The number of halogens is 1. The highest BCUT2D eigenvalue weighted by Gasteiger charge is 2.20. The number of anilines is 4. The standard InChI is InChI=1S/C22H21ClN8O7S2/c1-3-31(2)22-27-20(23)26-21(28-22)25-12-5-7-15(17(9-12)40(36,37)38)29-30-19-14(24)6-4-11-8-13(39(33,34)35)10-16(32)18(11)19/h4-10,32H,3,24H2,1-2H3,(H,33,34,35)(H,36,37,38)(H,25,26,27,28). The summed E-state index contributed by atoms with van der Waals surface area (Å²) in [7, 11) is -7.71. The Hall–Kier alpha value is -4.16. The molecular formula is C22H21ClN8O7S2. The van der Waals surface area contributed by atoms with Crippen molar-refractivity contribution >= 4 is 77.3 Å². The highest BCUT2D eigenvalue weighted by atomic mass is 35.5. The van der Waals surface area contributed by atoms with E-state index in [-0.39, 0.29) is 50.7 Å². The number of fused-ring (bicyclic) bond motifs is 1. The number of hydrogen-bond donors (Lipinski definition) is 5. The minimum Gasteiger partial charge on any atom is -0.507 e. The molecule has 210 valence electrons. The molecule has 3 aromatic carbocycles. The van der Waals surface area contributed by atoms with Gasteiger partial charge in [0, 0.05) is 25.3 Å². The van der Waals surface area contributed by atoms with E-state index < -0.39 is 35.8 Å². The maximum absolute atomic E-state index is 12.2. The Kier molecular flexibility index (Phi) is 7.77. The fourth-order valence-corrected chi connectivity index (χ4v) is 4.83. The van der Waals surface area contributed by atoms with Crippen LogP contribution in [0.15, 0.2) is 62.5 Å². The minimum absolute atomic E-state index is 0.00855.